The lowest BCUT2D eigenvalue weighted by molar-refractivity contribution is 0.0765. The molecule has 1 rings (SSSR count). The maximum atomic E-state index is 6.00. The van der Waals surface area contributed by atoms with Crippen molar-refractivity contribution in [3.05, 3.63) is 22.4 Å². The maximum Gasteiger partial charge on any atom is 0.0326 e. The van der Waals surface area contributed by atoms with E-state index in [4.69, 9.17) is 5.73 Å². The van der Waals surface area contributed by atoms with Gasteiger partial charge in [0, 0.05) is 23.0 Å². The fraction of sp³-hybridized carbons (Fsp3) is 0.714. The van der Waals surface area contributed by atoms with E-state index in [9.17, 15) is 0 Å². The highest BCUT2D eigenvalue weighted by Crippen LogP contribution is 2.25. The van der Waals surface area contributed by atoms with Crippen molar-refractivity contribution in [1.29, 1.82) is 0 Å². The SMILES string of the molecule is CCC(CC)(CN)N(C)C(C)Cc1cccs1. The lowest BCUT2D eigenvalue weighted by atomic mass is 9.89. The number of hydrogen-bond acceptors (Lipinski definition) is 3. The van der Waals surface area contributed by atoms with E-state index in [1.54, 1.807) is 0 Å². The Balaban J connectivity index is 2.70. The first-order chi connectivity index (χ1) is 8.09. The highest BCUT2D eigenvalue weighted by molar-refractivity contribution is 7.09. The number of nitrogens with two attached hydrogens (primary N) is 1. The highest BCUT2D eigenvalue weighted by Gasteiger charge is 2.32. The highest BCUT2D eigenvalue weighted by atomic mass is 32.1. The third-order valence-corrected chi connectivity index (χ3v) is 5.08. The number of thiophene rings is 1. The fourth-order valence-corrected chi connectivity index (χ4v) is 3.33. The fourth-order valence-electron chi connectivity index (χ4n) is 2.51. The Morgan fingerprint density at radius 3 is 2.47 bits per heavy atom. The minimum absolute atomic E-state index is 0.163. The van der Waals surface area contributed by atoms with E-state index >= 15 is 0 Å². The lowest BCUT2D eigenvalue weighted by Crippen LogP contribution is -2.55. The van der Waals surface area contributed by atoms with Crippen molar-refractivity contribution in [1.82, 2.24) is 4.90 Å². The molecule has 0 aliphatic rings. The summed E-state index contributed by atoms with van der Waals surface area (Å²) in [6, 6.07) is 4.89. The molecule has 0 spiro atoms. The molecule has 1 heterocycles. The van der Waals surface area contributed by atoms with Crippen LogP contribution in [-0.2, 0) is 6.42 Å². The van der Waals surface area contributed by atoms with Gasteiger partial charge < -0.3 is 5.73 Å². The Bertz CT molecular complexity index is 296. The molecule has 98 valence electrons. The zero-order chi connectivity index (χ0) is 12.9. The largest absolute Gasteiger partial charge is 0.329 e. The summed E-state index contributed by atoms with van der Waals surface area (Å²) in [6.45, 7) is 7.52. The number of hydrogen-bond donors (Lipinski definition) is 1. The van der Waals surface area contributed by atoms with Gasteiger partial charge in [-0.2, -0.15) is 0 Å². The second-order valence-corrected chi connectivity index (χ2v) is 5.91. The molecule has 2 nitrogen and oxygen atoms in total. The monoisotopic (exact) mass is 254 g/mol. The van der Waals surface area contributed by atoms with Crippen LogP contribution in [0.1, 0.15) is 38.5 Å². The van der Waals surface area contributed by atoms with Gasteiger partial charge in [-0.05, 0) is 44.7 Å². The van der Waals surface area contributed by atoms with E-state index in [0.29, 0.717) is 6.04 Å². The summed E-state index contributed by atoms with van der Waals surface area (Å²) in [5.74, 6) is 0. The van der Waals surface area contributed by atoms with Crippen LogP contribution in [0.3, 0.4) is 0 Å². The molecule has 17 heavy (non-hydrogen) atoms. The molecular formula is C14H26N2S. The molecule has 2 N–H and O–H groups in total. The van der Waals surface area contributed by atoms with Crippen LogP contribution < -0.4 is 5.73 Å². The van der Waals surface area contributed by atoms with E-state index in [-0.39, 0.29) is 5.54 Å². The summed E-state index contributed by atoms with van der Waals surface area (Å²) < 4.78 is 0. The van der Waals surface area contributed by atoms with Gasteiger partial charge in [-0.3, -0.25) is 4.90 Å². The summed E-state index contributed by atoms with van der Waals surface area (Å²) in [6.07, 6.45) is 3.35. The molecule has 0 radical (unpaired) electrons. The molecule has 0 fully saturated rings. The first-order valence-corrected chi connectivity index (χ1v) is 7.43. The van der Waals surface area contributed by atoms with Gasteiger partial charge in [0.2, 0.25) is 0 Å². The van der Waals surface area contributed by atoms with Gasteiger partial charge >= 0.3 is 0 Å². The van der Waals surface area contributed by atoms with E-state index < -0.39 is 0 Å². The topological polar surface area (TPSA) is 29.3 Å². The van der Waals surface area contributed by atoms with E-state index in [1.165, 1.54) is 4.88 Å². The first kappa shape index (κ1) is 14.7. The van der Waals surface area contributed by atoms with Crippen molar-refractivity contribution in [2.75, 3.05) is 13.6 Å². The molecule has 1 unspecified atom stereocenters. The van der Waals surface area contributed by atoms with Gasteiger partial charge in [-0.25, -0.2) is 0 Å². The second-order valence-electron chi connectivity index (χ2n) is 4.88. The number of rotatable bonds is 7. The lowest BCUT2D eigenvalue weighted by Gasteiger charge is -2.43. The van der Waals surface area contributed by atoms with Crippen LogP contribution in [0.5, 0.6) is 0 Å². The zero-order valence-corrected chi connectivity index (χ0v) is 12.4. The Labute approximate surface area is 110 Å². The van der Waals surface area contributed by atoms with Crippen molar-refractivity contribution in [3.8, 4) is 0 Å². The van der Waals surface area contributed by atoms with Gasteiger partial charge in [0.25, 0.3) is 0 Å². The molecule has 0 saturated heterocycles. The van der Waals surface area contributed by atoms with Gasteiger partial charge in [-0.15, -0.1) is 11.3 Å². The first-order valence-electron chi connectivity index (χ1n) is 6.55. The Morgan fingerprint density at radius 1 is 1.41 bits per heavy atom. The van der Waals surface area contributed by atoms with Gasteiger partial charge in [0.1, 0.15) is 0 Å². The van der Waals surface area contributed by atoms with Crippen molar-refractivity contribution < 1.29 is 0 Å². The third kappa shape index (κ3) is 3.30. The van der Waals surface area contributed by atoms with Crippen LogP contribution in [0.15, 0.2) is 17.5 Å². The molecular weight excluding hydrogens is 228 g/mol. The number of nitrogens with zero attached hydrogens (tertiary/aromatic N) is 1. The van der Waals surface area contributed by atoms with Crippen LogP contribution in [-0.4, -0.2) is 30.1 Å². The van der Waals surface area contributed by atoms with Crippen molar-refractivity contribution in [3.63, 3.8) is 0 Å². The van der Waals surface area contributed by atoms with E-state index in [1.807, 2.05) is 11.3 Å². The average Bonchev–Trinajstić information content (AvgIpc) is 2.84. The van der Waals surface area contributed by atoms with Gasteiger partial charge in [0.15, 0.2) is 0 Å². The standard InChI is InChI=1S/C14H26N2S/c1-5-14(6-2,11-15)16(4)12(3)10-13-8-7-9-17-13/h7-9,12H,5-6,10-11,15H2,1-4H3. The summed E-state index contributed by atoms with van der Waals surface area (Å²) >= 11 is 1.84. The molecule has 1 atom stereocenters. The average molecular weight is 254 g/mol. The van der Waals surface area contributed by atoms with Crippen molar-refractivity contribution >= 4 is 11.3 Å². The van der Waals surface area contributed by atoms with Crippen LogP contribution in [0.2, 0.25) is 0 Å². The summed E-state index contributed by atoms with van der Waals surface area (Å²) in [4.78, 5) is 3.94. The molecule has 0 amide bonds. The zero-order valence-electron chi connectivity index (χ0n) is 11.6. The Morgan fingerprint density at radius 2 is 2.06 bits per heavy atom. The van der Waals surface area contributed by atoms with Gasteiger partial charge in [-0.1, -0.05) is 19.9 Å². The molecule has 0 aromatic carbocycles. The van der Waals surface area contributed by atoms with E-state index in [2.05, 4.69) is 50.2 Å². The van der Waals surface area contributed by atoms with Crippen LogP contribution >= 0.6 is 11.3 Å². The normalized spacial score (nSPS) is 14.2. The van der Waals surface area contributed by atoms with Crippen LogP contribution in [0.25, 0.3) is 0 Å². The molecule has 0 saturated carbocycles. The quantitative estimate of drug-likeness (QED) is 0.810. The molecule has 1 aromatic heterocycles. The third-order valence-electron chi connectivity index (χ3n) is 4.18. The summed E-state index contributed by atoms with van der Waals surface area (Å²) in [5.41, 5.74) is 6.17. The minimum atomic E-state index is 0.163. The molecule has 0 bridgehead atoms. The molecule has 0 aliphatic carbocycles. The second kappa shape index (κ2) is 6.53. The maximum absolute atomic E-state index is 6.00. The number of likely N-dealkylation sites (N-methyl/N-ethyl adjacent to an activating group) is 1. The predicted octanol–water partition coefficient (Wildman–Crippen LogP) is 3.13. The van der Waals surface area contributed by atoms with Crippen molar-refractivity contribution in [2.45, 2.75) is 51.6 Å². The van der Waals surface area contributed by atoms with Crippen LogP contribution in [0, 0.1) is 0 Å². The molecule has 3 heteroatoms. The predicted molar refractivity (Wildman–Crippen MR) is 77.6 cm³/mol. The smallest absolute Gasteiger partial charge is 0.0326 e. The van der Waals surface area contributed by atoms with Crippen LogP contribution in [0.4, 0.5) is 0 Å². The Hall–Kier alpha value is -0.380. The summed E-state index contributed by atoms with van der Waals surface area (Å²) in [7, 11) is 2.22. The molecule has 0 aliphatic heterocycles. The molecule has 1 aromatic rings. The summed E-state index contributed by atoms with van der Waals surface area (Å²) in [5, 5.41) is 2.15. The van der Waals surface area contributed by atoms with E-state index in [0.717, 1.165) is 25.8 Å². The minimum Gasteiger partial charge on any atom is -0.329 e. The Kier molecular flexibility index (Phi) is 5.63. The van der Waals surface area contributed by atoms with Crippen molar-refractivity contribution in [2.24, 2.45) is 5.73 Å². The van der Waals surface area contributed by atoms with Gasteiger partial charge in [0.05, 0.1) is 0 Å².